The minimum atomic E-state index is -0.0972. The Bertz CT molecular complexity index is 511. The number of rotatable bonds is 3. The molecule has 0 aromatic carbocycles. The fourth-order valence-electron chi connectivity index (χ4n) is 1.28. The van der Waals surface area contributed by atoms with Gasteiger partial charge in [-0.25, -0.2) is 4.98 Å². The second kappa shape index (κ2) is 4.95. The fraction of sp³-hybridized carbons (Fsp3) is 0.0909. The molecule has 5 heteroatoms. The monoisotopic (exact) mass is 271 g/mol. The van der Waals surface area contributed by atoms with Crippen LogP contribution in [0.25, 0.3) is 0 Å². The molecule has 82 valence electrons. The van der Waals surface area contributed by atoms with Crippen LogP contribution in [0.1, 0.15) is 16.1 Å². The maximum Gasteiger partial charge on any atom is 0.187 e. The molecule has 0 radical (unpaired) electrons. The summed E-state index contributed by atoms with van der Waals surface area (Å²) in [5.41, 5.74) is 1.25. The summed E-state index contributed by atoms with van der Waals surface area (Å²) in [5.74, 6) is -0.0972. The Morgan fingerprint density at radius 2 is 2.25 bits per heavy atom. The van der Waals surface area contributed by atoms with Gasteiger partial charge in [0.2, 0.25) is 0 Å². The number of aromatic nitrogens is 1. The normalized spacial score (nSPS) is 10.4. The van der Waals surface area contributed by atoms with Crippen LogP contribution in [0.2, 0.25) is 10.0 Å². The highest BCUT2D eigenvalue weighted by Crippen LogP contribution is 2.20. The van der Waals surface area contributed by atoms with Gasteiger partial charge in [-0.1, -0.05) is 23.2 Å². The van der Waals surface area contributed by atoms with E-state index in [1.807, 2.05) is 16.8 Å². The third-order valence-corrected chi connectivity index (χ3v) is 3.24. The van der Waals surface area contributed by atoms with Crippen molar-refractivity contribution in [1.82, 2.24) is 4.98 Å². The molecule has 0 N–H and O–H groups in total. The van der Waals surface area contributed by atoms with E-state index in [0.29, 0.717) is 16.5 Å². The number of carbonyl (C=O) groups excluding carboxylic acids is 1. The van der Waals surface area contributed by atoms with Crippen LogP contribution in [0, 0.1) is 0 Å². The molecular formula is C11H7Cl2NOS. The van der Waals surface area contributed by atoms with E-state index >= 15 is 0 Å². The summed E-state index contributed by atoms with van der Waals surface area (Å²) >= 11 is 13.2. The first-order chi connectivity index (χ1) is 7.66. The van der Waals surface area contributed by atoms with E-state index in [4.69, 9.17) is 23.2 Å². The van der Waals surface area contributed by atoms with Crippen LogP contribution in [-0.4, -0.2) is 10.8 Å². The Morgan fingerprint density at radius 3 is 2.88 bits per heavy atom. The van der Waals surface area contributed by atoms with Gasteiger partial charge < -0.3 is 0 Å². The van der Waals surface area contributed by atoms with Crippen molar-refractivity contribution in [1.29, 1.82) is 0 Å². The SMILES string of the molecule is O=C(Cc1ccsc1)c1ncc(Cl)cc1Cl. The smallest absolute Gasteiger partial charge is 0.187 e. The fourth-order valence-corrected chi connectivity index (χ4v) is 2.44. The van der Waals surface area contributed by atoms with Crippen LogP contribution < -0.4 is 0 Å². The molecule has 0 unspecified atom stereocenters. The van der Waals surface area contributed by atoms with Gasteiger partial charge in [-0.2, -0.15) is 11.3 Å². The van der Waals surface area contributed by atoms with E-state index < -0.39 is 0 Å². The van der Waals surface area contributed by atoms with Gasteiger partial charge in [0.25, 0.3) is 0 Å². The molecular weight excluding hydrogens is 265 g/mol. The third-order valence-electron chi connectivity index (χ3n) is 2.02. The van der Waals surface area contributed by atoms with Gasteiger partial charge in [0.1, 0.15) is 5.69 Å². The van der Waals surface area contributed by atoms with Crippen molar-refractivity contribution in [3.05, 3.63) is 50.4 Å². The maximum atomic E-state index is 11.9. The van der Waals surface area contributed by atoms with Gasteiger partial charge in [0, 0.05) is 12.6 Å². The molecule has 0 amide bonds. The molecule has 2 heterocycles. The molecule has 0 aliphatic rings. The summed E-state index contributed by atoms with van der Waals surface area (Å²) in [5, 5.41) is 4.59. The summed E-state index contributed by atoms with van der Waals surface area (Å²) < 4.78 is 0. The number of hydrogen-bond donors (Lipinski definition) is 0. The summed E-state index contributed by atoms with van der Waals surface area (Å²) in [7, 11) is 0. The number of carbonyl (C=O) groups is 1. The maximum absolute atomic E-state index is 11.9. The molecule has 0 saturated carbocycles. The highest BCUT2D eigenvalue weighted by molar-refractivity contribution is 7.08. The average molecular weight is 272 g/mol. The van der Waals surface area contributed by atoms with Crippen LogP contribution in [0.4, 0.5) is 0 Å². The number of nitrogens with zero attached hydrogens (tertiary/aromatic N) is 1. The second-order valence-electron chi connectivity index (χ2n) is 3.22. The number of Topliss-reactive ketones (excluding diaryl/α,β-unsaturated/α-hetero) is 1. The highest BCUT2D eigenvalue weighted by atomic mass is 35.5. The van der Waals surface area contributed by atoms with Crippen molar-refractivity contribution in [3.8, 4) is 0 Å². The molecule has 0 fully saturated rings. The highest BCUT2D eigenvalue weighted by Gasteiger charge is 2.13. The van der Waals surface area contributed by atoms with Crippen LogP contribution in [0.3, 0.4) is 0 Å². The van der Waals surface area contributed by atoms with Crippen LogP contribution in [0.5, 0.6) is 0 Å². The van der Waals surface area contributed by atoms with Gasteiger partial charge in [-0.15, -0.1) is 0 Å². The van der Waals surface area contributed by atoms with Gasteiger partial charge >= 0.3 is 0 Å². The van der Waals surface area contributed by atoms with Crippen LogP contribution in [-0.2, 0) is 6.42 Å². The molecule has 16 heavy (non-hydrogen) atoms. The van der Waals surface area contributed by atoms with E-state index in [2.05, 4.69) is 4.98 Å². The summed E-state index contributed by atoms with van der Waals surface area (Å²) in [6.45, 7) is 0. The van der Waals surface area contributed by atoms with E-state index in [-0.39, 0.29) is 11.5 Å². The predicted octanol–water partition coefficient (Wildman–Crippen LogP) is 3.88. The molecule has 0 aliphatic carbocycles. The van der Waals surface area contributed by atoms with E-state index in [1.165, 1.54) is 12.3 Å². The lowest BCUT2D eigenvalue weighted by Gasteiger charge is -2.01. The molecule has 2 aromatic rings. The Hall–Kier alpha value is -0.900. The molecule has 2 rings (SSSR count). The lowest BCUT2D eigenvalue weighted by Crippen LogP contribution is -2.06. The number of halogens is 2. The Labute approximate surface area is 107 Å². The summed E-state index contributed by atoms with van der Waals surface area (Å²) in [6, 6.07) is 3.43. The molecule has 0 saturated heterocycles. The average Bonchev–Trinajstić information content (AvgIpc) is 2.70. The molecule has 0 bridgehead atoms. The lowest BCUT2D eigenvalue weighted by molar-refractivity contribution is 0.0988. The minimum Gasteiger partial charge on any atom is -0.292 e. The molecule has 2 aromatic heterocycles. The largest absolute Gasteiger partial charge is 0.292 e. The molecule has 0 aliphatic heterocycles. The number of thiophene rings is 1. The summed E-state index contributed by atoms with van der Waals surface area (Å²) in [4.78, 5) is 15.8. The Morgan fingerprint density at radius 1 is 1.44 bits per heavy atom. The van der Waals surface area contributed by atoms with E-state index in [9.17, 15) is 4.79 Å². The molecule has 0 spiro atoms. The first-order valence-corrected chi connectivity index (χ1v) is 6.22. The Kier molecular flexibility index (Phi) is 3.59. The van der Waals surface area contributed by atoms with Crippen LogP contribution >= 0.6 is 34.5 Å². The van der Waals surface area contributed by atoms with Gasteiger partial charge in [0.15, 0.2) is 5.78 Å². The zero-order chi connectivity index (χ0) is 11.5. The van der Waals surface area contributed by atoms with E-state index in [0.717, 1.165) is 5.56 Å². The predicted molar refractivity (Wildman–Crippen MR) is 66.6 cm³/mol. The van der Waals surface area contributed by atoms with Crippen molar-refractivity contribution in [2.24, 2.45) is 0 Å². The van der Waals surface area contributed by atoms with Gasteiger partial charge in [-0.3, -0.25) is 4.79 Å². The van der Waals surface area contributed by atoms with Gasteiger partial charge in [-0.05, 0) is 28.5 Å². The quantitative estimate of drug-likeness (QED) is 0.794. The number of ketones is 1. The van der Waals surface area contributed by atoms with Crippen LogP contribution in [0.15, 0.2) is 29.1 Å². The zero-order valence-corrected chi connectivity index (χ0v) is 10.4. The van der Waals surface area contributed by atoms with Crippen molar-refractivity contribution in [2.45, 2.75) is 6.42 Å². The number of hydrogen-bond acceptors (Lipinski definition) is 3. The second-order valence-corrected chi connectivity index (χ2v) is 4.84. The van der Waals surface area contributed by atoms with Crippen molar-refractivity contribution in [3.63, 3.8) is 0 Å². The van der Waals surface area contributed by atoms with Crippen molar-refractivity contribution >= 4 is 40.3 Å². The Balaban J connectivity index is 2.21. The minimum absolute atomic E-state index is 0.0972. The standard InChI is InChI=1S/C11H7Cl2NOS/c12-8-4-9(13)11(14-5-8)10(15)3-7-1-2-16-6-7/h1-2,4-6H,3H2. The first-order valence-electron chi connectivity index (χ1n) is 4.52. The summed E-state index contributed by atoms with van der Waals surface area (Å²) in [6.07, 6.45) is 1.74. The first kappa shape index (κ1) is 11.6. The third kappa shape index (κ3) is 2.61. The zero-order valence-electron chi connectivity index (χ0n) is 8.11. The van der Waals surface area contributed by atoms with Gasteiger partial charge in [0.05, 0.1) is 10.0 Å². The topological polar surface area (TPSA) is 30.0 Å². The van der Waals surface area contributed by atoms with Crippen molar-refractivity contribution in [2.75, 3.05) is 0 Å². The molecule has 0 atom stereocenters. The number of pyridine rings is 1. The van der Waals surface area contributed by atoms with Crippen molar-refractivity contribution < 1.29 is 4.79 Å². The van der Waals surface area contributed by atoms with E-state index in [1.54, 1.807) is 11.3 Å². The molecule has 2 nitrogen and oxygen atoms in total. The lowest BCUT2D eigenvalue weighted by atomic mass is 10.1.